The summed E-state index contributed by atoms with van der Waals surface area (Å²) in [7, 11) is 1.60. The second kappa shape index (κ2) is 10.6. The highest BCUT2D eigenvalue weighted by atomic mass is 19.4. The van der Waals surface area contributed by atoms with Crippen LogP contribution in [-0.4, -0.2) is 80.6 Å². The van der Waals surface area contributed by atoms with Gasteiger partial charge in [-0.2, -0.15) is 13.2 Å². The van der Waals surface area contributed by atoms with Gasteiger partial charge in [-0.25, -0.2) is 0 Å². The number of hydrogen-bond donors (Lipinski definition) is 3. The zero-order valence-electron chi connectivity index (χ0n) is 21.2. The van der Waals surface area contributed by atoms with Gasteiger partial charge in [0.05, 0.1) is 26.4 Å². The van der Waals surface area contributed by atoms with E-state index in [2.05, 4.69) is 21.1 Å². The summed E-state index contributed by atoms with van der Waals surface area (Å²) in [6.07, 6.45) is -1.07. The molecule has 1 saturated carbocycles. The normalized spacial score (nSPS) is 33.6. The van der Waals surface area contributed by atoms with E-state index in [1.54, 1.807) is 12.0 Å². The monoisotopic (exact) mass is 513 g/mol. The molecule has 3 N–H and O–H groups in total. The summed E-state index contributed by atoms with van der Waals surface area (Å²) < 4.78 is 59.5. The van der Waals surface area contributed by atoms with Crippen LogP contribution in [0.4, 0.5) is 23.2 Å². The van der Waals surface area contributed by atoms with Crippen molar-refractivity contribution in [2.45, 2.75) is 63.0 Å². The van der Waals surface area contributed by atoms with Gasteiger partial charge in [0.25, 0.3) is 0 Å². The van der Waals surface area contributed by atoms with Crippen LogP contribution in [0.3, 0.4) is 0 Å². The number of piperidine rings is 1. The minimum Gasteiger partial charge on any atom is -0.496 e. The van der Waals surface area contributed by atoms with Gasteiger partial charge in [-0.3, -0.25) is 25.0 Å². The zero-order chi connectivity index (χ0) is 25.4. The molecule has 36 heavy (non-hydrogen) atoms. The Kier molecular flexibility index (Phi) is 7.68. The van der Waals surface area contributed by atoms with E-state index in [0.29, 0.717) is 30.0 Å². The van der Waals surface area contributed by atoms with Crippen molar-refractivity contribution in [2.75, 3.05) is 51.8 Å². The van der Waals surface area contributed by atoms with Gasteiger partial charge >= 0.3 is 6.18 Å². The molecule has 202 valence electrons. The molecule has 6 atom stereocenters. The fourth-order valence-corrected chi connectivity index (χ4v) is 7.27. The number of fused-ring (bicyclic) bond motifs is 3. The van der Waals surface area contributed by atoms with E-state index >= 15 is 0 Å². The quantitative estimate of drug-likeness (QED) is 0.458. The van der Waals surface area contributed by atoms with Crippen LogP contribution < -0.4 is 20.9 Å². The highest BCUT2D eigenvalue weighted by molar-refractivity contribution is 5.54. The lowest BCUT2D eigenvalue weighted by molar-refractivity contribution is -0.172. The largest absolute Gasteiger partial charge is 0.496 e. The molecule has 0 spiro atoms. The number of methoxy groups -OCH3 is 1. The Balaban J connectivity index is 1.39. The molecule has 5 rings (SSSR count). The van der Waals surface area contributed by atoms with Crippen LogP contribution in [0.2, 0.25) is 0 Å². The molecule has 1 aromatic carbocycles. The van der Waals surface area contributed by atoms with E-state index in [0.717, 1.165) is 56.7 Å². The van der Waals surface area contributed by atoms with Gasteiger partial charge in [0.15, 0.2) is 0 Å². The molecular formula is C26H39F4N5O. The lowest BCUT2D eigenvalue weighted by Crippen LogP contribution is -2.56. The maximum atomic E-state index is 13.8. The lowest BCUT2D eigenvalue weighted by Gasteiger charge is -2.54. The average Bonchev–Trinajstić information content (AvgIpc) is 3.30. The number of likely N-dealkylation sites (tertiary alicyclic amines) is 2. The Morgan fingerprint density at radius 2 is 1.94 bits per heavy atom. The molecule has 3 aliphatic heterocycles. The van der Waals surface area contributed by atoms with E-state index < -0.39 is 12.7 Å². The Labute approximate surface area is 211 Å². The predicted molar refractivity (Wildman–Crippen MR) is 132 cm³/mol. The molecule has 10 heteroatoms. The van der Waals surface area contributed by atoms with Gasteiger partial charge in [0.2, 0.25) is 0 Å². The van der Waals surface area contributed by atoms with Crippen LogP contribution in [0.1, 0.15) is 44.2 Å². The Morgan fingerprint density at radius 3 is 2.67 bits per heavy atom. The van der Waals surface area contributed by atoms with E-state index in [1.807, 2.05) is 25.1 Å². The molecule has 0 bridgehead atoms. The van der Waals surface area contributed by atoms with Gasteiger partial charge in [0, 0.05) is 61.6 Å². The molecule has 1 aliphatic carbocycles. The maximum absolute atomic E-state index is 13.8. The number of hydrogen-bond acceptors (Lipinski definition) is 6. The van der Waals surface area contributed by atoms with Gasteiger partial charge < -0.3 is 10.1 Å². The molecule has 4 aliphatic rings. The van der Waals surface area contributed by atoms with Crippen LogP contribution in [0, 0.1) is 17.8 Å². The first-order chi connectivity index (χ1) is 17.3. The molecule has 4 unspecified atom stereocenters. The van der Waals surface area contributed by atoms with Crippen molar-refractivity contribution in [1.82, 2.24) is 20.7 Å². The second-order valence-electron chi connectivity index (χ2n) is 11.1. The van der Waals surface area contributed by atoms with Crippen LogP contribution in [0.25, 0.3) is 0 Å². The SMILES string of the molecule is COc1cc(NC2CN(CCCF)C2)ccc1[C@@H]1C2CCC3NNCC3C2C[C@@H](C)N1CC(F)(F)F. The first-order valence-electron chi connectivity index (χ1n) is 13.3. The topological polar surface area (TPSA) is 51.8 Å². The van der Waals surface area contributed by atoms with Gasteiger partial charge in [-0.05, 0) is 56.4 Å². The number of nitrogens with one attached hydrogen (secondary N) is 3. The minimum atomic E-state index is -4.26. The van der Waals surface area contributed by atoms with Gasteiger partial charge in [-0.15, -0.1) is 0 Å². The van der Waals surface area contributed by atoms with E-state index in [-0.39, 0.29) is 30.7 Å². The Morgan fingerprint density at radius 1 is 1.14 bits per heavy atom. The second-order valence-corrected chi connectivity index (χ2v) is 11.1. The number of anilines is 1. The molecule has 0 amide bonds. The summed E-state index contributed by atoms with van der Waals surface area (Å²) in [6, 6.07) is 6.04. The molecular weight excluding hydrogens is 474 g/mol. The van der Waals surface area contributed by atoms with E-state index in [1.165, 1.54) is 0 Å². The predicted octanol–water partition coefficient (Wildman–Crippen LogP) is 3.97. The standard InChI is InChI=1S/C26H39F4N5O/c1-16-10-21-19(6-7-23-22(21)12-31-33-23)25(35(16)15-26(28,29)30)20-5-4-17(11-24(20)36-2)32-18-13-34(14-18)9-3-8-27/h4-5,11,16,18-19,21-23,25,31-33H,3,6-10,12-15H2,1-2H3/t16-,19?,21?,22?,23?,25+/m1/s1. The third kappa shape index (κ3) is 5.33. The first-order valence-corrected chi connectivity index (χ1v) is 13.3. The minimum absolute atomic E-state index is 0.148. The molecule has 3 saturated heterocycles. The zero-order valence-corrected chi connectivity index (χ0v) is 21.2. The highest BCUT2D eigenvalue weighted by Gasteiger charge is 2.52. The number of ether oxygens (including phenoxy) is 1. The molecule has 0 aromatic heterocycles. The van der Waals surface area contributed by atoms with Crippen molar-refractivity contribution >= 4 is 5.69 Å². The van der Waals surface area contributed by atoms with Crippen molar-refractivity contribution in [1.29, 1.82) is 0 Å². The number of hydrazine groups is 1. The summed E-state index contributed by atoms with van der Waals surface area (Å²) in [5, 5.41) is 3.51. The van der Waals surface area contributed by atoms with Crippen molar-refractivity contribution in [3.63, 3.8) is 0 Å². The van der Waals surface area contributed by atoms with Crippen molar-refractivity contribution in [3.8, 4) is 5.75 Å². The first kappa shape index (κ1) is 26.0. The summed E-state index contributed by atoms with van der Waals surface area (Å²) in [5.41, 5.74) is 8.43. The summed E-state index contributed by atoms with van der Waals surface area (Å²) in [5.74, 6) is 1.59. The van der Waals surface area contributed by atoms with Crippen molar-refractivity contribution < 1.29 is 22.3 Å². The van der Waals surface area contributed by atoms with Crippen LogP contribution >= 0.6 is 0 Å². The molecule has 6 nitrogen and oxygen atoms in total. The van der Waals surface area contributed by atoms with E-state index in [9.17, 15) is 17.6 Å². The third-order valence-electron chi connectivity index (χ3n) is 8.85. The maximum Gasteiger partial charge on any atom is 0.401 e. The lowest BCUT2D eigenvalue weighted by atomic mass is 9.62. The van der Waals surface area contributed by atoms with Crippen LogP contribution in [0.5, 0.6) is 5.75 Å². The van der Waals surface area contributed by atoms with Gasteiger partial charge in [0.1, 0.15) is 5.75 Å². The fraction of sp³-hybridized carbons (Fsp3) is 0.769. The molecule has 0 radical (unpaired) electrons. The Hall–Kier alpha value is -1.62. The van der Waals surface area contributed by atoms with Crippen LogP contribution in [0.15, 0.2) is 18.2 Å². The number of rotatable bonds is 8. The molecule has 4 fully saturated rings. The smallest absolute Gasteiger partial charge is 0.401 e. The van der Waals surface area contributed by atoms with E-state index in [4.69, 9.17) is 4.74 Å². The van der Waals surface area contributed by atoms with Gasteiger partial charge in [-0.1, -0.05) is 6.07 Å². The van der Waals surface area contributed by atoms with Crippen molar-refractivity contribution in [2.24, 2.45) is 17.8 Å². The number of benzene rings is 1. The molecule has 1 aromatic rings. The summed E-state index contributed by atoms with van der Waals surface area (Å²) in [6.45, 7) is 4.09. The number of nitrogens with zero attached hydrogens (tertiary/aromatic N) is 2. The fourth-order valence-electron chi connectivity index (χ4n) is 7.27. The average molecular weight is 514 g/mol. The summed E-state index contributed by atoms with van der Waals surface area (Å²) in [4.78, 5) is 3.89. The Bertz CT molecular complexity index is 896. The van der Waals surface area contributed by atoms with Crippen molar-refractivity contribution in [3.05, 3.63) is 23.8 Å². The third-order valence-corrected chi connectivity index (χ3v) is 8.85. The van der Waals surface area contributed by atoms with Crippen LogP contribution in [-0.2, 0) is 0 Å². The molecule has 3 heterocycles. The number of halogens is 4. The highest BCUT2D eigenvalue weighted by Crippen LogP contribution is 2.53. The number of alkyl halides is 4. The summed E-state index contributed by atoms with van der Waals surface area (Å²) >= 11 is 0.